The van der Waals surface area contributed by atoms with Gasteiger partial charge in [0.2, 0.25) is 0 Å². The molecule has 5 aromatic carbocycles. The summed E-state index contributed by atoms with van der Waals surface area (Å²) in [6.07, 6.45) is -17.1. The van der Waals surface area contributed by atoms with E-state index < -0.39 is 47.0 Å². The number of furan rings is 2. The fraction of sp³-hybridized carbons (Fsp3) is 0.0909. The molecule has 302 valence electrons. The SMILES string of the molecule is FC(F)(F)c1cc(-c2ccc3oc4c(-c5ccc(-c6ccnc7c6oc6ccc(-c8cc(C(F)(F)F)cc(C(F)(F)F)c8)cc67)cc5)ccnc4c3c2)cc(C(F)(F)F)c1. The monoisotopic (exact) mass is 836 g/mol. The summed E-state index contributed by atoms with van der Waals surface area (Å²) in [7, 11) is 0. The molecule has 4 heterocycles. The van der Waals surface area contributed by atoms with Gasteiger partial charge in [-0.15, -0.1) is 0 Å². The Morgan fingerprint density at radius 1 is 0.333 bits per heavy atom. The maximum atomic E-state index is 13.6. The first kappa shape index (κ1) is 38.7. The quantitative estimate of drug-likeness (QED) is 0.166. The Balaban J connectivity index is 1.07. The lowest BCUT2D eigenvalue weighted by Crippen LogP contribution is -2.11. The molecule has 0 atom stereocenters. The minimum atomic E-state index is -5.03. The third-order valence-electron chi connectivity index (χ3n) is 10.1. The third kappa shape index (κ3) is 6.84. The Bertz CT molecular complexity index is 2880. The molecule has 0 saturated heterocycles. The highest BCUT2D eigenvalue weighted by Crippen LogP contribution is 2.44. The highest BCUT2D eigenvalue weighted by atomic mass is 19.4. The van der Waals surface area contributed by atoms with Gasteiger partial charge in [0.1, 0.15) is 22.2 Å². The zero-order valence-electron chi connectivity index (χ0n) is 29.8. The first-order chi connectivity index (χ1) is 28.2. The molecule has 0 aliphatic rings. The smallest absolute Gasteiger partial charge is 0.416 e. The summed E-state index contributed by atoms with van der Waals surface area (Å²) in [5.74, 6) is 0. The van der Waals surface area contributed by atoms with E-state index in [1.165, 1.54) is 48.8 Å². The maximum Gasteiger partial charge on any atom is 0.416 e. The van der Waals surface area contributed by atoms with E-state index in [2.05, 4.69) is 9.97 Å². The maximum absolute atomic E-state index is 13.6. The van der Waals surface area contributed by atoms with Crippen LogP contribution >= 0.6 is 0 Å². The van der Waals surface area contributed by atoms with Crippen LogP contribution in [0, 0.1) is 0 Å². The average molecular weight is 837 g/mol. The molecule has 0 N–H and O–H groups in total. The van der Waals surface area contributed by atoms with Gasteiger partial charge in [-0.25, -0.2) is 0 Å². The Morgan fingerprint density at radius 3 is 0.967 bits per heavy atom. The average Bonchev–Trinajstić information content (AvgIpc) is 3.77. The van der Waals surface area contributed by atoms with E-state index in [1.54, 1.807) is 36.4 Å². The van der Waals surface area contributed by atoms with Crippen molar-refractivity contribution in [1.82, 2.24) is 9.97 Å². The minimum Gasteiger partial charge on any atom is -0.454 e. The summed E-state index contributed by atoms with van der Waals surface area (Å²) < 4.78 is 175. The predicted octanol–water partition coefficient (Wildman–Crippen LogP) is 15.0. The van der Waals surface area contributed by atoms with E-state index in [-0.39, 0.29) is 45.6 Å². The Hall–Kier alpha value is -6.84. The molecule has 0 bridgehead atoms. The summed E-state index contributed by atoms with van der Waals surface area (Å²) in [6.45, 7) is 0. The first-order valence-electron chi connectivity index (χ1n) is 17.6. The second-order valence-electron chi connectivity index (χ2n) is 13.9. The molecule has 0 fully saturated rings. The number of alkyl halides is 12. The summed E-state index contributed by atoms with van der Waals surface area (Å²) in [5, 5.41) is 0.709. The Kier molecular flexibility index (Phi) is 8.60. The number of aromatic nitrogens is 2. The van der Waals surface area contributed by atoms with Crippen LogP contribution < -0.4 is 0 Å². The molecule has 16 heteroatoms. The van der Waals surface area contributed by atoms with Gasteiger partial charge in [-0.1, -0.05) is 36.4 Å². The van der Waals surface area contributed by atoms with Crippen molar-refractivity contribution >= 4 is 44.1 Å². The number of halogens is 12. The number of fused-ring (bicyclic) bond motifs is 6. The second kappa shape index (κ2) is 13.3. The number of pyridine rings is 2. The standard InChI is InChI=1S/C44H20F12N2O2/c45-41(46,47)27-13-25(14-28(19-27)42(48,49)50)23-5-7-35-33(17-23)37-39(59-35)31(9-11-57-37)21-1-2-22(4-3-21)32-10-12-58-38-34-18-24(6-8-36(34)60-40(32)38)26-15-29(43(51,52)53)20-30(16-26)44(54,55)56/h1-20H. The summed E-state index contributed by atoms with van der Waals surface area (Å²) in [5.41, 5.74) is -1.98. The zero-order valence-corrected chi connectivity index (χ0v) is 29.8. The number of hydrogen-bond donors (Lipinski definition) is 0. The first-order valence-corrected chi connectivity index (χ1v) is 17.6. The normalized spacial score (nSPS) is 13.0. The summed E-state index contributed by atoms with van der Waals surface area (Å²) >= 11 is 0. The van der Waals surface area contributed by atoms with Crippen LogP contribution in [0.15, 0.2) is 130 Å². The fourth-order valence-corrected chi connectivity index (χ4v) is 7.20. The van der Waals surface area contributed by atoms with Gasteiger partial charge < -0.3 is 8.83 Å². The van der Waals surface area contributed by atoms with Gasteiger partial charge in [0.25, 0.3) is 0 Å². The molecule has 4 nitrogen and oxygen atoms in total. The number of nitrogens with zero attached hydrogens (tertiary/aromatic N) is 2. The van der Waals surface area contributed by atoms with Crippen molar-refractivity contribution in [3.8, 4) is 44.5 Å². The summed E-state index contributed by atoms with van der Waals surface area (Å²) in [6, 6.07) is 21.6. The summed E-state index contributed by atoms with van der Waals surface area (Å²) in [4.78, 5) is 8.81. The molecule has 0 spiro atoms. The minimum absolute atomic E-state index is 0.0613. The Labute approximate surface area is 328 Å². The van der Waals surface area contributed by atoms with Crippen LogP contribution in [0.3, 0.4) is 0 Å². The molecular formula is C44H20F12N2O2. The molecule has 0 aliphatic heterocycles. The predicted molar refractivity (Wildman–Crippen MR) is 198 cm³/mol. The van der Waals surface area contributed by atoms with Crippen molar-refractivity contribution in [3.05, 3.63) is 144 Å². The van der Waals surface area contributed by atoms with Crippen LogP contribution in [0.2, 0.25) is 0 Å². The molecule has 4 aromatic heterocycles. The molecule has 0 amide bonds. The van der Waals surface area contributed by atoms with Crippen molar-refractivity contribution in [2.75, 3.05) is 0 Å². The molecule has 0 saturated carbocycles. The highest BCUT2D eigenvalue weighted by Gasteiger charge is 2.38. The molecule has 9 rings (SSSR count). The van der Waals surface area contributed by atoms with Gasteiger partial charge >= 0.3 is 24.7 Å². The van der Waals surface area contributed by atoms with E-state index in [1.807, 2.05) is 0 Å². The van der Waals surface area contributed by atoms with Crippen LogP contribution in [-0.2, 0) is 24.7 Å². The lowest BCUT2D eigenvalue weighted by Gasteiger charge is -2.14. The van der Waals surface area contributed by atoms with Crippen molar-refractivity contribution in [3.63, 3.8) is 0 Å². The highest BCUT2D eigenvalue weighted by molar-refractivity contribution is 6.10. The van der Waals surface area contributed by atoms with Crippen molar-refractivity contribution in [1.29, 1.82) is 0 Å². The van der Waals surface area contributed by atoms with Crippen LogP contribution in [0.1, 0.15) is 22.3 Å². The van der Waals surface area contributed by atoms with Crippen molar-refractivity contribution in [2.45, 2.75) is 24.7 Å². The Morgan fingerprint density at radius 2 is 0.650 bits per heavy atom. The largest absolute Gasteiger partial charge is 0.454 e. The van der Waals surface area contributed by atoms with Crippen LogP contribution in [-0.4, -0.2) is 9.97 Å². The van der Waals surface area contributed by atoms with Gasteiger partial charge in [-0.3, -0.25) is 9.97 Å². The molecule has 0 radical (unpaired) electrons. The topological polar surface area (TPSA) is 52.1 Å². The van der Waals surface area contributed by atoms with Gasteiger partial charge in [0.15, 0.2) is 11.2 Å². The van der Waals surface area contributed by atoms with Gasteiger partial charge in [-0.2, -0.15) is 52.7 Å². The van der Waals surface area contributed by atoms with Crippen molar-refractivity contribution in [2.24, 2.45) is 0 Å². The lowest BCUT2D eigenvalue weighted by atomic mass is 9.97. The number of hydrogen-bond acceptors (Lipinski definition) is 4. The molecule has 0 unspecified atom stereocenters. The van der Waals surface area contributed by atoms with E-state index in [0.29, 0.717) is 79.5 Å². The van der Waals surface area contributed by atoms with Gasteiger partial charge in [0.05, 0.1) is 22.3 Å². The number of rotatable bonds is 4. The van der Waals surface area contributed by atoms with E-state index in [4.69, 9.17) is 8.83 Å². The molecule has 9 aromatic rings. The van der Waals surface area contributed by atoms with E-state index in [0.717, 1.165) is 0 Å². The van der Waals surface area contributed by atoms with Crippen LogP contribution in [0.25, 0.3) is 88.6 Å². The lowest BCUT2D eigenvalue weighted by molar-refractivity contribution is -0.144. The molecule has 0 aliphatic carbocycles. The van der Waals surface area contributed by atoms with E-state index >= 15 is 0 Å². The second-order valence-corrected chi connectivity index (χ2v) is 13.9. The molecule has 60 heavy (non-hydrogen) atoms. The van der Waals surface area contributed by atoms with Gasteiger partial charge in [-0.05, 0) is 106 Å². The fourth-order valence-electron chi connectivity index (χ4n) is 7.20. The number of benzene rings is 5. The third-order valence-corrected chi connectivity index (χ3v) is 10.1. The zero-order chi connectivity index (χ0) is 42.5. The van der Waals surface area contributed by atoms with Crippen LogP contribution in [0.4, 0.5) is 52.7 Å². The van der Waals surface area contributed by atoms with Gasteiger partial charge in [0, 0.05) is 34.3 Å². The van der Waals surface area contributed by atoms with E-state index in [9.17, 15) is 52.7 Å². The van der Waals surface area contributed by atoms with Crippen molar-refractivity contribution < 1.29 is 61.5 Å². The van der Waals surface area contributed by atoms with Crippen LogP contribution in [0.5, 0.6) is 0 Å². The molecular weight excluding hydrogens is 816 g/mol.